The number of fused-ring (bicyclic) bond motifs is 1. The summed E-state index contributed by atoms with van der Waals surface area (Å²) in [5.74, 6) is -0.0918. The first-order valence-corrected chi connectivity index (χ1v) is 6.99. The number of carbonyl (C=O) groups is 2. The highest BCUT2D eigenvalue weighted by molar-refractivity contribution is 5.99. The molecule has 20 heavy (non-hydrogen) atoms. The number of hydrogen-bond acceptors (Lipinski definition) is 2. The summed E-state index contributed by atoms with van der Waals surface area (Å²) < 4.78 is 0. The maximum absolute atomic E-state index is 12.1. The number of carbonyl (C=O) groups excluding carboxylic acids is 2. The molecule has 1 heterocycles. The predicted molar refractivity (Wildman–Crippen MR) is 79.2 cm³/mol. The number of amides is 3. The monoisotopic (exact) mass is 275 g/mol. The van der Waals surface area contributed by atoms with Crippen molar-refractivity contribution in [2.45, 2.75) is 32.7 Å². The van der Waals surface area contributed by atoms with E-state index in [-0.39, 0.29) is 18.0 Å². The molecule has 0 spiro atoms. The summed E-state index contributed by atoms with van der Waals surface area (Å²) in [5.41, 5.74) is 2.54. The minimum absolute atomic E-state index is 0.0918. The van der Waals surface area contributed by atoms with Gasteiger partial charge in [-0.15, -0.1) is 0 Å². The van der Waals surface area contributed by atoms with Crippen LogP contribution in [0.4, 0.5) is 10.5 Å². The van der Waals surface area contributed by atoms with Crippen LogP contribution in [0, 0.1) is 0 Å². The van der Waals surface area contributed by atoms with Crippen LogP contribution >= 0.6 is 0 Å². The molecule has 1 aromatic rings. The van der Waals surface area contributed by atoms with Crippen LogP contribution in [-0.2, 0) is 6.42 Å². The van der Waals surface area contributed by atoms with Crippen LogP contribution in [0.25, 0.3) is 0 Å². The van der Waals surface area contributed by atoms with Crippen LogP contribution in [0.15, 0.2) is 18.2 Å². The Hall–Kier alpha value is -2.04. The largest absolute Gasteiger partial charge is 0.350 e. The van der Waals surface area contributed by atoms with E-state index >= 15 is 0 Å². The van der Waals surface area contributed by atoms with Gasteiger partial charge in [-0.1, -0.05) is 13.0 Å². The first kappa shape index (κ1) is 14.4. The number of nitrogens with zero attached hydrogens (tertiary/aromatic N) is 1. The van der Waals surface area contributed by atoms with Crippen LogP contribution in [0.5, 0.6) is 0 Å². The first-order valence-electron chi connectivity index (χ1n) is 6.99. The zero-order valence-corrected chi connectivity index (χ0v) is 12.2. The molecule has 2 rings (SSSR count). The number of anilines is 1. The van der Waals surface area contributed by atoms with E-state index in [4.69, 9.17) is 0 Å². The van der Waals surface area contributed by atoms with Crippen molar-refractivity contribution in [1.29, 1.82) is 0 Å². The Morgan fingerprint density at radius 1 is 1.40 bits per heavy atom. The lowest BCUT2D eigenvalue weighted by Gasteiger charge is -2.17. The average molecular weight is 275 g/mol. The van der Waals surface area contributed by atoms with Crippen LogP contribution in [0.3, 0.4) is 0 Å². The number of rotatable bonds is 3. The Kier molecular flexibility index (Phi) is 4.27. The zero-order chi connectivity index (χ0) is 14.7. The third-order valence-electron chi connectivity index (χ3n) is 3.69. The lowest BCUT2D eigenvalue weighted by Crippen LogP contribution is -2.37. The van der Waals surface area contributed by atoms with E-state index in [0.717, 1.165) is 24.1 Å². The minimum Gasteiger partial charge on any atom is -0.350 e. The van der Waals surface area contributed by atoms with Crippen molar-refractivity contribution in [2.75, 3.05) is 18.5 Å². The van der Waals surface area contributed by atoms with E-state index in [0.29, 0.717) is 12.1 Å². The summed E-state index contributed by atoms with van der Waals surface area (Å²) in [7, 11) is 1.61. The average Bonchev–Trinajstić information content (AvgIpc) is 2.89. The molecule has 0 aliphatic carbocycles. The fourth-order valence-electron chi connectivity index (χ4n) is 2.28. The standard InChI is InChI=1S/C15H21N3O2/c1-4-10(2)17-14(19)12-6-5-11-7-8-18(13(11)9-12)15(20)16-3/h5-6,9-10H,4,7-8H2,1-3H3,(H,16,20)(H,17,19)/t10-/m1/s1. The van der Waals surface area contributed by atoms with Gasteiger partial charge in [-0.2, -0.15) is 0 Å². The van der Waals surface area contributed by atoms with Crippen molar-refractivity contribution in [3.05, 3.63) is 29.3 Å². The summed E-state index contributed by atoms with van der Waals surface area (Å²) in [6, 6.07) is 5.57. The van der Waals surface area contributed by atoms with Crippen LogP contribution in [0.1, 0.15) is 36.2 Å². The molecule has 108 valence electrons. The third kappa shape index (κ3) is 2.76. The molecule has 2 N–H and O–H groups in total. The summed E-state index contributed by atoms with van der Waals surface area (Å²) in [6.45, 7) is 4.66. The fourth-order valence-corrected chi connectivity index (χ4v) is 2.28. The topological polar surface area (TPSA) is 61.4 Å². The molecule has 0 fully saturated rings. The molecule has 1 aliphatic heterocycles. The molecule has 0 aromatic heterocycles. The lowest BCUT2D eigenvalue weighted by molar-refractivity contribution is 0.0939. The van der Waals surface area contributed by atoms with Crippen molar-refractivity contribution < 1.29 is 9.59 Å². The fraction of sp³-hybridized carbons (Fsp3) is 0.467. The van der Waals surface area contributed by atoms with Gasteiger partial charge in [-0.3, -0.25) is 9.69 Å². The number of benzene rings is 1. The van der Waals surface area contributed by atoms with Crippen LogP contribution < -0.4 is 15.5 Å². The smallest absolute Gasteiger partial charge is 0.321 e. The molecule has 0 unspecified atom stereocenters. The third-order valence-corrected chi connectivity index (χ3v) is 3.69. The molecule has 5 heteroatoms. The van der Waals surface area contributed by atoms with Gasteiger partial charge in [0.25, 0.3) is 5.91 Å². The van der Waals surface area contributed by atoms with Gasteiger partial charge in [-0.05, 0) is 37.5 Å². The van der Waals surface area contributed by atoms with Crippen molar-refractivity contribution in [1.82, 2.24) is 10.6 Å². The minimum atomic E-state index is -0.136. The van der Waals surface area contributed by atoms with E-state index in [1.54, 1.807) is 18.0 Å². The molecule has 0 saturated carbocycles. The summed E-state index contributed by atoms with van der Waals surface area (Å²) in [6.07, 6.45) is 1.72. The second kappa shape index (κ2) is 5.94. The number of nitrogens with one attached hydrogen (secondary N) is 2. The molecular weight excluding hydrogens is 254 g/mol. The Morgan fingerprint density at radius 2 is 2.15 bits per heavy atom. The summed E-state index contributed by atoms with van der Waals surface area (Å²) >= 11 is 0. The Bertz CT molecular complexity index is 528. The van der Waals surface area contributed by atoms with Gasteiger partial charge in [0, 0.05) is 30.9 Å². The maximum Gasteiger partial charge on any atom is 0.321 e. The van der Waals surface area contributed by atoms with Crippen LogP contribution in [-0.4, -0.2) is 31.6 Å². The molecule has 1 aliphatic rings. The van der Waals surface area contributed by atoms with E-state index in [2.05, 4.69) is 10.6 Å². The van der Waals surface area contributed by atoms with Gasteiger partial charge < -0.3 is 10.6 Å². The molecule has 1 atom stereocenters. The second-order valence-corrected chi connectivity index (χ2v) is 5.08. The number of hydrogen-bond donors (Lipinski definition) is 2. The molecule has 0 radical (unpaired) electrons. The summed E-state index contributed by atoms with van der Waals surface area (Å²) in [5, 5.41) is 5.56. The lowest BCUT2D eigenvalue weighted by atomic mass is 10.1. The van der Waals surface area contributed by atoms with Gasteiger partial charge in [0.05, 0.1) is 0 Å². The SMILES string of the molecule is CC[C@@H](C)NC(=O)c1ccc2c(c1)N(C(=O)NC)CC2. The van der Waals surface area contributed by atoms with Crippen molar-refractivity contribution >= 4 is 17.6 Å². The molecule has 1 aromatic carbocycles. The maximum atomic E-state index is 12.1. The molecule has 0 bridgehead atoms. The molecule has 0 saturated heterocycles. The quantitative estimate of drug-likeness (QED) is 0.885. The van der Waals surface area contributed by atoms with Crippen molar-refractivity contribution in [3.63, 3.8) is 0 Å². The Balaban J connectivity index is 2.23. The zero-order valence-electron chi connectivity index (χ0n) is 12.2. The Labute approximate surface area is 119 Å². The van der Waals surface area contributed by atoms with Crippen molar-refractivity contribution in [2.24, 2.45) is 0 Å². The first-order chi connectivity index (χ1) is 9.56. The normalized spacial score (nSPS) is 14.7. The van der Waals surface area contributed by atoms with E-state index in [9.17, 15) is 9.59 Å². The predicted octanol–water partition coefficient (Wildman–Crippen LogP) is 1.92. The second-order valence-electron chi connectivity index (χ2n) is 5.08. The van der Waals surface area contributed by atoms with Gasteiger partial charge in [0.1, 0.15) is 0 Å². The highest BCUT2D eigenvalue weighted by Gasteiger charge is 2.25. The van der Waals surface area contributed by atoms with Gasteiger partial charge in [-0.25, -0.2) is 4.79 Å². The van der Waals surface area contributed by atoms with Gasteiger partial charge >= 0.3 is 6.03 Å². The Morgan fingerprint density at radius 3 is 2.80 bits per heavy atom. The molecule has 5 nitrogen and oxygen atoms in total. The number of urea groups is 1. The molecule has 3 amide bonds. The highest BCUT2D eigenvalue weighted by Crippen LogP contribution is 2.29. The van der Waals surface area contributed by atoms with Crippen LogP contribution in [0.2, 0.25) is 0 Å². The molecular formula is C15H21N3O2. The highest BCUT2D eigenvalue weighted by atomic mass is 16.2. The van der Waals surface area contributed by atoms with Crippen molar-refractivity contribution in [3.8, 4) is 0 Å². The van der Waals surface area contributed by atoms with E-state index in [1.807, 2.05) is 26.0 Å². The van der Waals surface area contributed by atoms with Gasteiger partial charge in [0.15, 0.2) is 0 Å². The van der Waals surface area contributed by atoms with Gasteiger partial charge in [0.2, 0.25) is 0 Å². The summed E-state index contributed by atoms with van der Waals surface area (Å²) in [4.78, 5) is 25.6. The van der Waals surface area contributed by atoms with E-state index < -0.39 is 0 Å². The van der Waals surface area contributed by atoms with E-state index in [1.165, 1.54) is 0 Å².